The number of carbonyl (C=O) groups excluding carboxylic acids is 1. The number of aliphatic hydroxyl groups excluding tert-OH is 1. The maximum atomic E-state index is 13.2. The number of hydrogen-bond acceptors (Lipinski definition) is 4. The lowest BCUT2D eigenvalue weighted by Crippen LogP contribution is -2.64. The molecule has 1 fully saturated rings. The molecule has 6 rings (SSSR count). The van der Waals surface area contributed by atoms with E-state index in [0.717, 1.165) is 34.3 Å². The maximum absolute atomic E-state index is 13.2. The van der Waals surface area contributed by atoms with Crippen LogP contribution in [-0.2, 0) is 17.6 Å². The summed E-state index contributed by atoms with van der Waals surface area (Å²) in [5.41, 5.74) is 5.53. The molecule has 0 radical (unpaired) electrons. The molecule has 3 atom stereocenters. The van der Waals surface area contributed by atoms with Crippen molar-refractivity contribution < 1.29 is 14.6 Å². The minimum atomic E-state index is -0.692. The van der Waals surface area contributed by atoms with Crippen LogP contribution in [0.25, 0.3) is 10.9 Å². The SMILES string of the molecule is CN1CC(=O)N2[C@@H](c3ccc4c(c3)OCC4)c3[nH]c4ccccc4c3C[C@H]2C1O. The Balaban J connectivity index is 1.58. The molecular formula is C23H23N3O3. The van der Waals surface area contributed by atoms with Crippen LogP contribution in [0, 0.1) is 0 Å². The molecule has 1 amide bonds. The number of benzene rings is 2. The molecule has 0 saturated carbocycles. The number of likely N-dealkylation sites (N-methyl/N-ethyl adjacent to an activating group) is 1. The van der Waals surface area contributed by atoms with E-state index in [9.17, 15) is 9.90 Å². The zero-order chi connectivity index (χ0) is 19.7. The highest BCUT2D eigenvalue weighted by molar-refractivity contribution is 5.87. The fraction of sp³-hybridized carbons (Fsp3) is 0.348. The summed E-state index contributed by atoms with van der Waals surface area (Å²) in [6, 6.07) is 14.0. The van der Waals surface area contributed by atoms with Crippen molar-refractivity contribution in [2.45, 2.75) is 31.2 Å². The number of H-pyrrole nitrogens is 1. The van der Waals surface area contributed by atoms with E-state index in [1.165, 1.54) is 11.1 Å². The van der Waals surface area contributed by atoms with Gasteiger partial charge in [0.2, 0.25) is 5.91 Å². The second-order valence-corrected chi connectivity index (χ2v) is 8.33. The summed E-state index contributed by atoms with van der Waals surface area (Å²) in [4.78, 5) is 20.4. The van der Waals surface area contributed by atoms with Gasteiger partial charge in [-0.05, 0) is 42.3 Å². The minimum Gasteiger partial charge on any atom is -0.493 e. The molecule has 148 valence electrons. The van der Waals surface area contributed by atoms with Gasteiger partial charge in [0.15, 0.2) is 0 Å². The molecule has 0 bridgehead atoms. The van der Waals surface area contributed by atoms with Gasteiger partial charge < -0.3 is 19.7 Å². The Kier molecular flexibility index (Phi) is 3.58. The minimum absolute atomic E-state index is 0.0403. The highest BCUT2D eigenvalue weighted by Crippen LogP contribution is 2.44. The average molecular weight is 389 g/mol. The highest BCUT2D eigenvalue weighted by Gasteiger charge is 2.47. The lowest BCUT2D eigenvalue weighted by molar-refractivity contribution is -0.160. The molecule has 3 aliphatic heterocycles. The lowest BCUT2D eigenvalue weighted by Gasteiger charge is -2.49. The number of hydrogen-bond donors (Lipinski definition) is 2. The molecule has 29 heavy (non-hydrogen) atoms. The monoisotopic (exact) mass is 389 g/mol. The Morgan fingerprint density at radius 1 is 1.21 bits per heavy atom. The Morgan fingerprint density at radius 2 is 2.07 bits per heavy atom. The van der Waals surface area contributed by atoms with Crippen molar-refractivity contribution in [3.05, 3.63) is 64.8 Å². The Bertz CT molecular complexity index is 1140. The molecular weight excluding hydrogens is 366 g/mol. The number of rotatable bonds is 1. The molecule has 4 heterocycles. The van der Waals surface area contributed by atoms with Crippen LogP contribution >= 0.6 is 0 Å². The van der Waals surface area contributed by atoms with E-state index in [0.29, 0.717) is 13.0 Å². The molecule has 3 aromatic rings. The van der Waals surface area contributed by atoms with Gasteiger partial charge in [0.25, 0.3) is 0 Å². The molecule has 1 aromatic heterocycles. The molecule has 1 unspecified atom stereocenters. The van der Waals surface area contributed by atoms with Crippen LogP contribution in [0.3, 0.4) is 0 Å². The number of fused-ring (bicyclic) bond motifs is 5. The van der Waals surface area contributed by atoms with Gasteiger partial charge >= 0.3 is 0 Å². The molecule has 2 N–H and O–H groups in total. The fourth-order valence-electron chi connectivity index (χ4n) is 5.25. The first-order chi connectivity index (χ1) is 14.1. The van der Waals surface area contributed by atoms with E-state index in [1.807, 2.05) is 24.1 Å². The Morgan fingerprint density at radius 3 is 2.97 bits per heavy atom. The second kappa shape index (κ2) is 6.08. The zero-order valence-corrected chi connectivity index (χ0v) is 16.3. The normalized spacial score (nSPS) is 26.2. The Hall–Kier alpha value is -2.83. The topological polar surface area (TPSA) is 68.8 Å². The maximum Gasteiger partial charge on any atom is 0.238 e. The van der Waals surface area contributed by atoms with E-state index < -0.39 is 6.23 Å². The standard InChI is InChI=1S/C23H23N3O3/c1-25-12-20(27)26-18(23(25)28)11-16-15-4-2-3-5-17(15)24-21(16)22(26)14-7-6-13-8-9-29-19(13)10-14/h2-7,10,18,22-24,28H,8-9,11-12H2,1H3/t18-,22-,23?/m0/s1. The summed E-state index contributed by atoms with van der Waals surface area (Å²) in [6.07, 6.45) is 0.865. The molecule has 3 aliphatic rings. The van der Waals surface area contributed by atoms with Crippen LogP contribution in [0.5, 0.6) is 5.75 Å². The van der Waals surface area contributed by atoms with Crippen LogP contribution in [0.4, 0.5) is 0 Å². The van der Waals surface area contributed by atoms with Crippen LogP contribution in [-0.4, -0.2) is 58.3 Å². The third-order valence-corrected chi connectivity index (χ3v) is 6.67. The van der Waals surface area contributed by atoms with Crippen LogP contribution in [0.15, 0.2) is 42.5 Å². The summed E-state index contributed by atoms with van der Waals surface area (Å²) in [7, 11) is 1.81. The van der Waals surface area contributed by atoms with Crippen molar-refractivity contribution in [2.24, 2.45) is 0 Å². The van der Waals surface area contributed by atoms with Gasteiger partial charge in [-0.3, -0.25) is 9.69 Å². The first kappa shape index (κ1) is 17.1. The molecule has 6 heteroatoms. The van der Waals surface area contributed by atoms with E-state index in [4.69, 9.17) is 4.74 Å². The number of carbonyl (C=O) groups is 1. The predicted molar refractivity (Wildman–Crippen MR) is 109 cm³/mol. The van der Waals surface area contributed by atoms with Gasteiger partial charge in [-0.1, -0.05) is 30.3 Å². The van der Waals surface area contributed by atoms with E-state index in [-0.39, 0.29) is 24.5 Å². The van der Waals surface area contributed by atoms with Crippen molar-refractivity contribution in [2.75, 3.05) is 20.2 Å². The molecule has 0 spiro atoms. The summed E-state index contributed by atoms with van der Waals surface area (Å²) < 4.78 is 5.81. The number of aromatic amines is 1. The van der Waals surface area contributed by atoms with Crippen molar-refractivity contribution >= 4 is 16.8 Å². The number of nitrogens with one attached hydrogen (secondary N) is 1. The van der Waals surface area contributed by atoms with Crippen LogP contribution < -0.4 is 4.74 Å². The Labute approximate surface area is 168 Å². The van der Waals surface area contributed by atoms with Crippen molar-refractivity contribution in [3.8, 4) is 5.75 Å². The van der Waals surface area contributed by atoms with E-state index >= 15 is 0 Å². The summed E-state index contributed by atoms with van der Waals surface area (Å²) >= 11 is 0. The number of aliphatic hydroxyl groups is 1. The number of amides is 1. The number of piperazine rings is 1. The lowest BCUT2D eigenvalue weighted by atomic mass is 9.85. The zero-order valence-electron chi connectivity index (χ0n) is 16.3. The van der Waals surface area contributed by atoms with Gasteiger partial charge in [-0.15, -0.1) is 0 Å². The first-order valence-corrected chi connectivity index (χ1v) is 10.2. The van der Waals surface area contributed by atoms with Crippen molar-refractivity contribution in [3.63, 3.8) is 0 Å². The summed E-state index contributed by atoms with van der Waals surface area (Å²) in [6.45, 7) is 0.918. The molecule has 0 aliphatic carbocycles. The van der Waals surface area contributed by atoms with Gasteiger partial charge in [0.05, 0.1) is 25.2 Å². The first-order valence-electron chi connectivity index (χ1n) is 10.2. The van der Waals surface area contributed by atoms with Crippen LogP contribution in [0.1, 0.15) is 28.4 Å². The molecule has 2 aromatic carbocycles. The van der Waals surface area contributed by atoms with Crippen LogP contribution in [0.2, 0.25) is 0 Å². The quantitative estimate of drug-likeness (QED) is 0.670. The van der Waals surface area contributed by atoms with Gasteiger partial charge in [0, 0.05) is 23.0 Å². The summed E-state index contributed by atoms with van der Waals surface area (Å²) in [5.74, 6) is 0.947. The van der Waals surface area contributed by atoms with Gasteiger partial charge in [0.1, 0.15) is 12.0 Å². The van der Waals surface area contributed by atoms with Gasteiger partial charge in [-0.2, -0.15) is 0 Å². The third-order valence-electron chi connectivity index (χ3n) is 6.67. The number of nitrogens with zero attached hydrogens (tertiary/aromatic N) is 2. The van der Waals surface area contributed by atoms with Crippen molar-refractivity contribution in [1.29, 1.82) is 0 Å². The van der Waals surface area contributed by atoms with E-state index in [1.54, 1.807) is 4.90 Å². The third kappa shape index (κ3) is 2.39. The number of aromatic nitrogens is 1. The van der Waals surface area contributed by atoms with Crippen molar-refractivity contribution in [1.82, 2.24) is 14.8 Å². The van der Waals surface area contributed by atoms with E-state index in [2.05, 4.69) is 35.3 Å². The summed E-state index contributed by atoms with van der Waals surface area (Å²) in [5, 5.41) is 12.1. The average Bonchev–Trinajstić information content (AvgIpc) is 3.34. The number of ether oxygens (including phenoxy) is 1. The fourth-order valence-corrected chi connectivity index (χ4v) is 5.25. The largest absolute Gasteiger partial charge is 0.493 e. The predicted octanol–water partition coefficient (Wildman–Crippen LogP) is 2.21. The number of para-hydroxylation sites is 1. The molecule has 1 saturated heterocycles. The molecule has 6 nitrogen and oxygen atoms in total. The smallest absolute Gasteiger partial charge is 0.238 e. The highest BCUT2D eigenvalue weighted by atomic mass is 16.5. The van der Waals surface area contributed by atoms with Gasteiger partial charge in [-0.25, -0.2) is 0 Å². The second-order valence-electron chi connectivity index (χ2n) is 8.33.